The summed E-state index contributed by atoms with van der Waals surface area (Å²) in [6.45, 7) is 2.60. The van der Waals surface area contributed by atoms with E-state index in [2.05, 4.69) is 43.1 Å². The van der Waals surface area contributed by atoms with Gasteiger partial charge in [-0.25, -0.2) is 0 Å². The van der Waals surface area contributed by atoms with E-state index in [1.165, 1.54) is 5.56 Å². The van der Waals surface area contributed by atoms with Gasteiger partial charge in [0.15, 0.2) is 0 Å². The van der Waals surface area contributed by atoms with Crippen molar-refractivity contribution in [2.24, 2.45) is 0 Å². The molecule has 1 saturated carbocycles. The smallest absolute Gasteiger partial charge is 0.150 e. The van der Waals surface area contributed by atoms with E-state index < -0.39 is 0 Å². The molecule has 0 aliphatic heterocycles. The van der Waals surface area contributed by atoms with Gasteiger partial charge in [0.25, 0.3) is 0 Å². The third kappa shape index (κ3) is 5.03. The zero-order chi connectivity index (χ0) is 22.4. The standard InChI is InChI=1S/C28H31NO3/c1-22(32-26-13-7-4-8-14-26)29(2)28(18-16-25(30)17-19-28)24-12-9-15-27(20-24)31-21-23-10-5-3-6-11-23/h3-15,20,22H,16-19,21H2,1-2H3. The Morgan fingerprint density at radius 1 is 0.875 bits per heavy atom. The van der Waals surface area contributed by atoms with E-state index in [0.717, 1.165) is 29.9 Å². The lowest BCUT2D eigenvalue weighted by Crippen LogP contribution is -2.52. The first-order chi connectivity index (χ1) is 15.6. The van der Waals surface area contributed by atoms with E-state index in [1.807, 2.05) is 60.7 Å². The first-order valence-corrected chi connectivity index (χ1v) is 11.3. The van der Waals surface area contributed by atoms with Crippen molar-refractivity contribution < 1.29 is 14.3 Å². The molecule has 1 atom stereocenters. The van der Waals surface area contributed by atoms with E-state index in [4.69, 9.17) is 9.47 Å². The van der Waals surface area contributed by atoms with Crippen LogP contribution in [0.2, 0.25) is 0 Å². The van der Waals surface area contributed by atoms with Crippen molar-refractivity contribution >= 4 is 5.78 Å². The summed E-state index contributed by atoms with van der Waals surface area (Å²) in [5.74, 6) is 2.02. The van der Waals surface area contributed by atoms with Crippen molar-refractivity contribution in [2.75, 3.05) is 7.05 Å². The number of hydrogen-bond donors (Lipinski definition) is 0. The Kier molecular flexibility index (Phi) is 6.91. The van der Waals surface area contributed by atoms with Crippen molar-refractivity contribution in [2.45, 2.75) is 51.0 Å². The van der Waals surface area contributed by atoms with Gasteiger partial charge in [-0.1, -0.05) is 60.7 Å². The third-order valence-corrected chi connectivity index (χ3v) is 6.52. The van der Waals surface area contributed by atoms with Gasteiger partial charge in [0, 0.05) is 12.8 Å². The number of hydrogen-bond acceptors (Lipinski definition) is 4. The van der Waals surface area contributed by atoms with Gasteiger partial charge in [0.2, 0.25) is 0 Å². The average Bonchev–Trinajstić information content (AvgIpc) is 2.84. The van der Waals surface area contributed by atoms with Gasteiger partial charge in [-0.3, -0.25) is 9.69 Å². The van der Waals surface area contributed by atoms with E-state index in [-0.39, 0.29) is 11.8 Å². The van der Waals surface area contributed by atoms with Crippen LogP contribution in [0, 0.1) is 0 Å². The number of nitrogens with zero attached hydrogens (tertiary/aromatic N) is 1. The molecule has 0 spiro atoms. The third-order valence-electron chi connectivity index (χ3n) is 6.52. The van der Waals surface area contributed by atoms with Crippen molar-refractivity contribution in [3.05, 3.63) is 96.1 Å². The van der Waals surface area contributed by atoms with Crippen LogP contribution in [0.1, 0.15) is 43.7 Å². The number of para-hydroxylation sites is 1. The Balaban J connectivity index is 1.57. The second-order valence-electron chi connectivity index (χ2n) is 8.51. The average molecular weight is 430 g/mol. The molecule has 0 N–H and O–H groups in total. The maximum Gasteiger partial charge on any atom is 0.150 e. The maximum atomic E-state index is 12.1. The van der Waals surface area contributed by atoms with Gasteiger partial charge < -0.3 is 9.47 Å². The molecule has 1 unspecified atom stereocenters. The predicted octanol–water partition coefficient (Wildman–Crippen LogP) is 5.96. The normalized spacial score (nSPS) is 16.5. The fourth-order valence-electron chi connectivity index (χ4n) is 4.53. The minimum absolute atomic E-state index is 0.153. The molecule has 166 valence electrons. The van der Waals surface area contributed by atoms with Crippen LogP contribution in [0.15, 0.2) is 84.9 Å². The number of carbonyl (C=O) groups is 1. The summed E-state index contributed by atoms with van der Waals surface area (Å²) in [4.78, 5) is 14.4. The molecule has 4 rings (SSSR count). The molecule has 0 aromatic heterocycles. The van der Waals surface area contributed by atoms with Crippen molar-refractivity contribution in [3.8, 4) is 11.5 Å². The summed E-state index contributed by atoms with van der Waals surface area (Å²) in [6.07, 6.45) is 2.55. The number of ketones is 1. The minimum Gasteiger partial charge on any atom is -0.489 e. The highest BCUT2D eigenvalue weighted by atomic mass is 16.5. The molecule has 0 saturated heterocycles. The molecule has 4 heteroatoms. The quantitative estimate of drug-likeness (QED) is 0.414. The Morgan fingerprint density at radius 2 is 1.50 bits per heavy atom. The molecule has 32 heavy (non-hydrogen) atoms. The molecule has 3 aromatic rings. The summed E-state index contributed by atoms with van der Waals surface area (Å²) in [5.41, 5.74) is 2.02. The van der Waals surface area contributed by atoms with Crippen molar-refractivity contribution in [1.29, 1.82) is 0 Å². The van der Waals surface area contributed by atoms with Crippen LogP contribution >= 0.6 is 0 Å². The lowest BCUT2D eigenvalue weighted by atomic mass is 9.75. The highest BCUT2D eigenvalue weighted by molar-refractivity contribution is 5.79. The number of carbonyl (C=O) groups excluding carboxylic acids is 1. The van der Waals surface area contributed by atoms with E-state index in [1.54, 1.807) is 0 Å². The first-order valence-electron chi connectivity index (χ1n) is 11.3. The van der Waals surface area contributed by atoms with Crippen LogP contribution in [0.3, 0.4) is 0 Å². The monoisotopic (exact) mass is 429 g/mol. The van der Waals surface area contributed by atoms with Gasteiger partial charge >= 0.3 is 0 Å². The SMILES string of the molecule is CC(Oc1ccccc1)N(C)C1(c2cccc(OCc3ccccc3)c2)CCC(=O)CC1. The lowest BCUT2D eigenvalue weighted by Gasteiger charge is -2.47. The van der Waals surface area contributed by atoms with Gasteiger partial charge in [0.05, 0.1) is 5.54 Å². The van der Waals surface area contributed by atoms with Crippen LogP contribution in [0.4, 0.5) is 0 Å². The van der Waals surface area contributed by atoms with Gasteiger partial charge in [0.1, 0.15) is 30.1 Å². The fourth-order valence-corrected chi connectivity index (χ4v) is 4.53. The molecule has 3 aromatic carbocycles. The summed E-state index contributed by atoms with van der Waals surface area (Å²) < 4.78 is 12.4. The number of ether oxygens (including phenoxy) is 2. The lowest BCUT2D eigenvalue weighted by molar-refractivity contribution is -0.125. The Hall–Kier alpha value is -3.11. The Bertz CT molecular complexity index is 1010. The summed E-state index contributed by atoms with van der Waals surface area (Å²) in [6, 6.07) is 28.4. The molecule has 1 fully saturated rings. The van der Waals surface area contributed by atoms with Crippen LogP contribution in [-0.2, 0) is 16.9 Å². The van der Waals surface area contributed by atoms with Crippen molar-refractivity contribution in [3.63, 3.8) is 0 Å². The minimum atomic E-state index is -0.284. The topological polar surface area (TPSA) is 38.8 Å². The Morgan fingerprint density at radius 3 is 2.19 bits per heavy atom. The molecular formula is C28H31NO3. The molecule has 1 aliphatic rings. The molecule has 4 nitrogen and oxygen atoms in total. The number of benzene rings is 3. The van der Waals surface area contributed by atoms with Crippen LogP contribution < -0.4 is 9.47 Å². The van der Waals surface area contributed by atoms with E-state index in [0.29, 0.717) is 25.2 Å². The summed E-state index contributed by atoms with van der Waals surface area (Å²) in [5, 5.41) is 0. The Labute approximate surface area is 190 Å². The zero-order valence-corrected chi connectivity index (χ0v) is 18.9. The zero-order valence-electron chi connectivity index (χ0n) is 18.9. The van der Waals surface area contributed by atoms with Gasteiger partial charge in [-0.15, -0.1) is 0 Å². The van der Waals surface area contributed by atoms with E-state index in [9.17, 15) is 4.79 Å². The summed E-state index contributed by atoms with van der Waals surface area (Å²) in [7, 11) is 2.10. The molecular weight excluding hydrogens is 398 g/mol. The molecule has 0 bridgehead atoms. The second kappa shape index (κ2) is 10.0. The van der Waals surface area contributed by atoms with Gasteiger partial charge in [-0.05, 0) is 62.2 Å². The maximum absolute atomic E-state index is 12.1. The summed E-state index contributed by atoms with van der Waals surface area (Å²) >= 11 is 0. The molecule has 0 heterocycles. The first kappa shape index (κ1) is 22.1. The molecule has 1 aliphatic carbocycles. The largest absolute Gasteiger partial charge is 0.489 e. The highest BCUT2D eigenvalue weighted by Gasteiger charge is 2.42. The fraction of sp³-hybridized carbons (Fsp3) is 0.321. The number of rotatable bonds is 8. The second-order valence-corrected chi connectivity index (χ2v) is 8.51. The van der Waals surface area contributed by atoms with Crippen LogP contribution in [-0.4, -0.2) is 24.0 Å². The van der Waals surface area contributed by atoms with E-state index >= 15 is 0 Å². The van der Waals surface area contributed by atoms with Crippen LogP contribution in [0.25, 0.3) is 0 Å². The molecule has 0 amide bonds. The van der Waals surface area contributed by atoms with Crippen LogP contribution in [0.5, 0.6) is 11.5 Å². The predicted molar refractivity (Wildman–Crippen MR) is 127 cm³/mol. The van der Waals surface area contributed by atoms with Crippen molar-refractivity contribution in [1.82, 2.24) is 4.90 Å². The van der Waals surface area contributed by atoms with Gasteiger partial charge in [-0.2, -0.15) is 0 Å². The number of Topliss-reactive ketones (excluding diaryl/α,β-unsaturated/α-hetero) is 1. The highest BCUT2D eigenvalue weighted by Crippen LogP contribution is 2.43. The molecule has 0 radical (unpaired) electrons.